The average Bonchev–Trinajstić information content (AvgIpc) is 2.40. The van der Waals surface area contributed by atoms with Crippen molar-refractivity contribution >= 4 is 17.3 Å². The van der Waals surface area contributed by atoms with Gasteiger partial charge < -0.3 is 11.1 Å². The summed E-state index contributed by atoms with van der Waals surface area (Å²) in [6.45, 7) is 4.48. The summed E-state index contributed by atoms with van der Waals surface area (Å²) in [6, 6.07) is 4.24. The number of nitrogen functional groups attached to an aromatic ring is 1. The smallest absolute Gasteiger partial charge is 0.292 e. The molecule has 0 aliphatic heterocycles. The summed E-state index contributed by atoms with van der Waals surface area (Å²) in [5.74, 6) is -0.221. The van der Waals surface area contributed by atoms with Crippen LogP contribution in [0.25, 0.3) is 0 Å². The minimum atomic E-state index is -0.555. The van der Waals surface area contributed by atoms with Crippen LogP contribution >= 0.6 is 0 Å². The maximum absolute atomic E-state index is 12.2. The van der Waals surface area contributed by atoms with Crippen LogP contribution in [0.4, 0.5) is 11.4 Å². The third-order valence-corrected chi connectivity index (χ3v) is 4.16. The van der Waals surface area contributed by atoms with Crippen molar-refractivity contribution in [1.82, 2.24) is 5.32 Å². The third kappa shape index (κ3) is 3.71. The molecule has 114 valence electrons. The lowest BCUT2D eigenvalue weighted by molar-refractivity contribution is -0.383. The topological polar surface area (TPSA) is 98.3 Å². The van der Waals surface area contributed by atoms with Crippen molar-refractivity contribution in [1.29, 1.82) is 0 Å². The number of nitrogens with two attached hydrogens (primary N) is 1. The van der Waals surface area contributed by atoms with E-state index in [4.69, 9.17) is 5.73 Å². The van der Waals surface area contributed by atoms with E-state index in [1.807, 2.05) is 0 Å². The van der Waals surface area contributed by atoms with Crippen molar-refractivity contribution in [3.05, 3.63) is 33.9 Å². The van der Waals surface area contributed by atoms with Crippen LogP contribution in [0.2, 0.25) is 0 Å². The van der Waals surface area contributed by atoms with E-state index in [0.29, 0.717) is 11.0 Å². The van der Waals surface area contributed by atoms with Crippen molar-refractivity contribution in [2.24, 2.45) is 5.41 Å². The third-order valence-electron chi connectivity index (χ3n) is 4.16. The summed E-state index contributed by atoms with van der Waals surface area (Å²) >= 11 is 0. The van der Waals surface area contributed by atoms with E-state index in [2.05, 4.69) is 19.2 Å². The molecule has 0 bridgehead atoms. The molecule has 1 aliphatic carbocycles. The highest BCUT2D eigenvalue weighted by atomic mass is 16.6. The molecule has 21 heavy (non-hydrogen) atoms. The number of hydrogen-bond acceptors (Lipinski definition) is 4. The zero-order valence-corrected chi connectivity index (χ0v) is 12.4. The van der Waals surface area contributed by atoms with Crippen LogP contribution in [0.5, 0.6) is 0 Å². The first-order chi connectivity index (χ1) is 9.78. The Morgan fingerprint density at radius 3 is 2.52 bits per heavy atom. The molecule has 2 rings (SSSR count). The van der Waals surface area contributed by atoms with Gasteiger partial charge in [0.25, 0.3) is 11.6 Å². The Kier molecular flexibility index (Phi) is 4.16. The van der Waals surface area contributed by atoms with E-state index < -0.39 is 4.92 Å². The second-order valence-corrected chi connectivity index (χ2v) is 6.44. The van der Waals surface area contributed by atoms with Gasteiger partial charge >= 0.3 is 0 Å². The van der Waals surface area contributed by atoms with Crippen molar-refractivity contribution in [2.45, 2.75) is 45.6 Å². The van der Waals surface area contributed by atoms with Crippen LogP contribution in [-0.4, -0.2) is 16.9 Å². The summed E-state index contributed by atoms with van der Waals surface area (Å²) in [5, 5.41) is 13.7. The molecule has 6 heteroatoms. The normalized spacial score (nSPS) is 18.2. The molecule has 6 nitrogen and oxygen atoms in total. The highest BCUT2D eigenvalue weighted by Gasteiger charge is 2.27. The number of anilines is 1. The number of nitro benzene ring substituents is 1. The Morgan fingerprint density at radius 1 is 1.38 bits per heavy atom. The molecule has 1 aromatic rings. The van der Waals surface area contributed by atoms with Gasteiger partial charge in [-0.2, -0.15) is 0 Å². The summed E-state index contributed by atoms with van der Waals surface area (Å²) < 4.78 is 0. The molecule has 1 saturated carbocycles. The molecule has 1 aromatic carbocycles. The van der Waals surface area contributed by atoms with E-state index in [1.165, 1.54) is 18.2 Å². The number of amides is 1. The Morgan fingerprint density at radius 2 is 2.00 bits per heavy atom. The molecular formula is C15H21N3O3. The molecule has 0 unspecified atom stereocenters. The zero-order chi connectivity index (χ0) is 15.6. The largest absolute Gasteiger partial charge is 0.393 e. The number of carbonyl (C=O) groups excluding carboxylic acids is 1. The van der Waals surface area contributed by atoms with E-state index in [9.17, 15) is 14.9 Å². The lowest BCUT2D eigenvalue weighted by Gasteiger charge is -2.34. The zero-order valence-electron chi connectivity index (χ0n) is 12.4. The summed E-state index contributed by atoms with van der Waals surface area (Å²) in [6.07, 6.45) is 4.09. The molecule has 1 aliphatic rings. The molecule has 1 amide bonds. The van der Waals surface area contributed by atoms with Crippen molar-refractivity contribution in [2.75, 3.05) is 5.73 Å². The van der Waals surface area contributed by atoms with Crippen molar-refractivity contribution < 1.29 is 9.72 Å². The van der Waals surface area contributed by atoms with Gasteiger partial charge in [0.15, 0.2) is 0 Å². The first-order valence-electron chi connectivity index (χ1n) is 7.13. The van der Waals surface area contributed by atoms with Gasteiger partial charge in [-0.15, -0.1) is 0 Å². The molecule has 3 N–H and O–H groups in total. The first-order valence-corrected chi connectivity index (χ1v) is 7.13. The van der Waals surface area contributed by atoms with Crippen LogP contribution in [0, 0.1) is 15.5 Å². The molecule has 0 saturated heterocycles. The Bertz CT molecular complexity index is 559. The fraction of sp³-hybridized carbons (Fsp3) is 0.533. The maximum Gasteiger partial charge on any atom is 0.292 e. The minimum Gasteiger partial charge on any atom is -0.393 e. The summed E-state index contributed by atoms with van der Waals surface area (Å²) in [5.41, 5.74) is 6.15. The standard InChI is InChI=1S/C15H21N3O3/c1-15(2)7-5-11(6-8-15)17-14(19)10-3-4-13(18(20)21)12(16)9-10/h3-4,9,11H,5-8,16H2,1-2H3,(H,17,19). The van der Waals surface area contributed by atoms with Crippen LogP contribution in [-0.2, 0) is 0 Å². The molecule has 0 heterocycles. The minimum absolute atomic E-state index is 0.0115. The lowest BCUT2D eigenvalue weighted by Crippen LogP contribution is -2.39. The van der Waals surface area contributed by atoms with E-state index in [1.54, 1.807) is 0 Å². The molecule has 0 spiro atoms. The number of benzene rings is 1. The Balaban J connectivity index is 2.01. The van der Waals surface area contributed by atoms with Crippen LogP contribution in [0.15, 0.2) is 18.2 Å². The monoisotopic (exact) mass is 291 g/mol. The summed E-state index contributed by atoms with van der Waals surface area (Å²) in [4.78, 5) is 22.3. The molecule has 1 fully saturated rings. The molecule has 0 atom stereocenters. The maximum atomic E-state index is 12.2. The number of nitro groups is 1. The van der Waals surface area contributed by atoms with Gasteiger partial charge in [-0.1, -0.05) is 13.8 Å². The van der Waals surface area contributed by atoms with Gasteiger partial charge in [0.2, 0.25) is 0 Å². The second kappa shape index (κ2) is 5.71. The number of hydrogen-bond donors (Lipinski definition) is 2. The van der Waals surface area contributed by atoms with Crippen molar-refractivity contribution in [3.8, 4) is 0 Å². The van der Waals surface area contributed by atoms with Crippen LogP contribution in [0.3, 0.4) is 0 Å². The number of nitrogens with zero attached hydrogens (tertiary/aromatic N) is 1. The molecule has 0 radical (unpaired) electrons. The average molecular weight is 291 g/mol. The fourth-order valence-corrected chi connectivity index (χ4v) is 2.67. The predicted molar refractivity (Wildman–Crippen MR) is 81.0 cm³/mol. The second-order valence-electron chi connectivity index (χ2n) is 6.44. The number of rotatable bonds is 3. The van der Waals surface area contributed by atoms with Gasteiger partial charge in [0, 0.05) is 17.7 Å². The fourth-order valence-electron chi connectivity index (χ4n) is 2.67. The van der Waals surface area contributed by atoms with Gasteiger partial charge in [0.05, 0.1) is 4.92 Å². The predicted octanol–water partition coefficient (Wildman–Crippen LogP) is 2.88. The lowest BCUT2D eigenvalue weighted by atomic mass is 9.75. The molecule has 0 aromatic heterocycles. The Labute approximate surface area is 123 Å². The quantitative estimate of drug-likeness (QED) is 0.508. The van der Waals surface area contributed by atoms with E-state index >= 15 is 0 Å². The van der Waals surface area contributed by atoms with Gasteiger partial charge in [-0.25, -0.2) is 0 Å². The van der Waals surface area contributed by atoms with Crippen molar-refractivity contribution in [3.63, 3.8) is 0 Å². The van der Waals surface area contributed by atoms with Crippen LogP contribution < -0.4 is 11.1 Å². The Hall–Kier alpha value is -2.11. The SMILES string of the molecule is CC1(C)CCC(NC(=O)c2ccc([N+](=O)[O-])c(N)c2)CC1. The van der Waals surface area contributed by atoms with E-state index in [0.717, 1.165) is 25.7 Å². The number of carbonyl (C=O) groups is 1. The first kappa shape index (κ1) is 15.3. The van der Waals surface area contributed by atoms with Gasteiger partial charge in [-0.3, -0.25) is 14.9 Å². The van der Waals surface area contributed by atoms with E-state index in [-0.39, 0.29) is 23.3 Å². The van der Waals surface area contributed by atoms with Crippen LogP contribution in [0.1, 0.15) is 49.9 Å². The summed E-state index contributed by atoms with van der Waals surface area (Å²) in [7, 11) is 0. The highest BCUT2D eigenvalue weighted by Crippen LogP contribution is 2.35. The van der Waals surface area contributed by atoms with Gasteiger partial charge in [-0.05, 0) is 43.2 Å². The van der Waals surface area contributed by atoms with Gasteiger partial charge in [0.1, 0.15) is 5.69 Å². The molecular weight excluding hydrogens is 270 g/mol. The highest BCUT2D eigenvalue weighted by molar-refractivity contribution is 5.95. The number of nitrogens with one attached hydrogen (secondary N) is 1.